The average molecular weight is 423 g/mol. The molecule has 152 valence electrons. The summed E-state index contributed by atoms with van der Waals surface area (Å²) in [6.07, 6.45) is 5.49. The number of carbonyl (C=O) groups excluding carboxylic acids is 1. The van der Waals surface area contributed by atoms with Crippen LogP contribution in [0.25, 0.3) is 10.2 Å². The lowest BCUT2D eigenvalue weighted by molar-refractivity contribution is 0.0216. The van der Waals surface area contributed by atoms with Gasteiger partial charge >= 0.3 is 5.97 Å². The molecule has 1 saturated heterocycles. The Morgan fingerprint density at radius 1 is 1.18 bits per heavy atom. The Morgan fingerprint density at radius 2 is 1.89 bits per heavy atom. The van der Waals surface area contributed by atoms with Crippen molar-refractivity contribution < 1.29 is 9.53 Å². The molecule has 4 rings (SSSR count). The minimum atomic E-state index is -0.231. The van der Waals surface area contributed by atoms with E-state index in [1.54, 1.807) is 0 Å². The summed E-state index contributed by atoms with van der Waals surface area (Å²) in [5, 5.41) is 1.17. The first-order valence-corrected chi connectivity index (χ1v) is 11.4. The van der Waals surface area contributed by atoms with E-state index in [-0.39, 0.29) is 17.4 Å². The summed E-state index contributed by atoms with van der Waals surface area (Å²) in [4.78, 5) is 27.9. The number of fused-ring (bicyclic) bond motifs is 1. The van der Waals surface area contributed by atoms with Crippen molar-refractivity contribution in [1.29, 1.82) is 0 Å². The number of esters is 1. The van der Waals surface area contributed by atoms with Gasteiger partial charge in [0.25, 0.3) is 0 Å². The maximum Gasteiger partial charge on any atom is 0.348 e. The number of hydrogen-bond acceptors (Lipinski definition) is 7. The molecule has 3 heterocycles. The highest BCUT2D eigenvalue weighted by molar-refractivity contribution is 7.20. The van der Waals surface area contributed by atoms with E-state index in [4.69, 9.17) is 16.3 Å². The summed E-state index contributed by atoms with van der Waals surface area (Å²) < 4.78 is 5.80. The summed E-state index contributed by atoms with van der Waals surface area (Å²) in [6.45, 7) is 9.00. The van der Waals surface area contributed by atoms with Crippen LogP contribution in [0.3, 0.4) is 0 Å². The zero-order chi connectivity index (χ0) is 19.7. The number of piperazine rings is 1. The molecule has 2 fully saturated rings. The number of thiophene rings is 1. The molecule has 1 aliphatic carbocycles. The van der Waals surface area contributed by atoms with Crippen LogP contribution in [0.5, 0.6) is 0 Å². The van der Waals surface area contributed by atoms with Gasteiger partial charge in [0.05, 0.1) is 5.39 Å². The highest BCUT2D eigenvalue weighted by atomic mass is 35.5. The molecule has 0 aromatic carbocycles. The van der Waals surface area contributed by atoms with Gasteiger partial charge in [-0.15, -0.1) is 11.3 Å². The second-order valence-corrected chi connectivity index (χ2v) is 8.98. The lowest BCUT2D eigenvalue weighted by Gasteiger charge is -2.35. The predicted molar refractivity (Wildman–Crippen MR) is 114 cm³/mol. The summed E-state index contributed by atoms with van der Waals surface area (Å²) in [6, 6.07) is 0. The number of hydrogen-bond donors (Lipinski definition) is 0. The van der Waals surface area contributed by atoms with Crippen molar-refractivity contribution >= 4 is 44.9 Å². The van der Waals surface area contributed by atoms with Gasteiger partial charge < -0.3 is 14.5 Å². The highest BCUT2D eigenvalue weighted by Gasteiger charge is 2.27. The third kappa shape index (κ3) is 3.98. The molecule has 1 aliphatic heterocycles. The van der Waals surface area contributed by atoms with Gasteiger partial charge in [0.1, 0.15) is 21.6 Å². The highest BCUT2D eigenvalue weighted by Crippen LogP contribution is 2.37. The second kappa shape index (κ2) is 8.51. The SMILES string of the molecule is CCN1CCN(c2nc(Cl)nc3sc(C(=O)OC4CCCCC4)c(C)c23)CC1. The quantitative estimate of drug-likeness (QED) is 0.541. The van der Waals surface area contributed by atoms with Gasteiger partial charge in [-0.05, 0) is 56.3 Å². The zero-order valence-corrected chi connectivity index (χ0v) is 18.1. The smallest absolute Gasteiger partial charge is 0.348 e. The van der Waals surface area contributed by atoms with Crippen LogP contribution in [0.15, 0.2) is 0 Å². The number of halogens is 1. The van der Waals surface area contributed by atoms with Crippen LogP contribution >= 0.6 is 22.9 Å². The van der Waals surface area contributed by atoms with Crippen LogP contribution in [0.1, 0.15) is 54.3 Å². The van der Waals surface area contributed by atoms with Gasteiger partial charge in [0, 0.05) is 26.2 Å². The van der Waals surface area contributed by atoms with Crippen LogP contribution < -0.4 is 4.90 Å². The van der Waals surface area contributed by atoms with Crippen molar-refractivity contribution in [2.45, 2.75) is 52.1 Å². The van der Waals surface area contributed by atoms with Crippen molar-refractivity contribution in [1.82, 2.24) is 14.9 Å². The molecular weight excluding hydrogens is 396 g/mol. The van der Waals surface area contributed by atoms with Crippen LogP contribution in [-0.4, -0.2) is 59.7 Å². The number of nitrogens with zero attached hydrogens (tertiary/aromatic N) is 4. The van der Waals surface area contributed by atoms with Crippen molar-refractivity contribution in [2.24, 2.45) is 0 Å². The van der Waals surface area contributed by atoms with Crippen LogP contribution in [0.2, 0.25) is 5.28 Å². The molecule has 2 aromatic heterocycles. The summed E-state index contributed by atoms with van der Waals surface area (Å²) >= 11 is 7.60. The molecule has 2 aromatic rings. The summed E-state index contributed by atoms with van der Waals surface area (Å²) in [5.74, 6) is 0.612. The largest absolute Gasteiger partial charge is 0.458 e. The van der Waals surface area contributed by atoms with Crippen molar-refractivity contribution in [3.63, 3.8) is 0 Å². The number of ether oxygens (including phenoxy) is 1. The molecule has 0 radical (unpaired) electrons. The van der Waals surface area contributed by atoms with Crippen LogP contribution in [0.4, 0.5) is 5.82 Å². The summed E-state index contributed by atoms with van der Waals surface area (Å²) in [5.41, 5.74) is 0.908. The molecule has 0 spiro atoms. The molecule has 0 N–H and O–H groups in total. The predicted octanol–water partition coefficient (Wildman–Crippen LogP) is 4.28. The molecule has 0 atom stereocenters. The molecule has 0 bridgehead atoms. The third-order valence-electron chi connectivity index (χ3n) is 5.87. The van der Waals surface area contributed by atoms with E-state index in [1.807, 2.05) is 6.92 Å². The molecule has 0 amide bonds. The lowest BCUT2D eigenvalue weighted by Crippen LogP contribution is -2.46. The van der Waals surface area contributed by atoms with Crippen molar-refractivity contribution in [3.8, 4) is 0 Å². The number of rotatable bonds is 4. The van der Waals surface area contributed by atoms with Crippen molar-refractivity contribution in [3.05, 3.63) is 15.7 Å². The van der Waals surface area contributed by atoms with Gasteiger partial charge in [-0.1, -0.05) is 13.3 Å². The Morgan fingerprint density at radius 3 is 2.57 bits per heavy atom. The molecule has 0 unspecified atom stereocenters. The molecule has 2 aliphatic rings. The number of anilines is 1. The monoisotopic (exact) mass is 422 g/mol. The Balaban J connectivity index is 1.63. The average Bonchev–Trinajstić information content (AvgIpc) is 3.04. The maximum atomic E-state index is 12.8. The normalized spacial score (nSPS) is 19.3. The summed E-state index contributed by atoms with van der Waals surface area (Å²) in [7, 11) is 0. The van der Waals surface area contributed by atoms with Gasteiger partial charge in [-0.2, -0.15) is 4.98 Å². The van der Waals surface area contributed by atoms with Crippen LogP contribution in [-0.2, 0) is 4.74 Å². The Hall–Kier alpha value is -1.44. The third-order valence-corrected chi connectivity index (χ3v) is 7.21. The van der Waals surface area contributed by atoms with E-state index in [0.29, 0.717) is 4.88 Å². The Labute approximate surface area is 174 Å². The van der Waals surface area contributed by atoms with Crippen LogP contribution in [0, 0.1) is 6.92 Å². The van der Waals surface area contributed by atoms with E-state index in [0.717, 1.165) is 80.0 Å². The first-order chi connectivity index (χ1) is 13.6. The number of carbonyl (C=O) groups is 1. The van der Waals surface area contributed by atoms with Gasteiger partial charge in [-0.25, -0.2) is 9.78 Å². The number of likely N-dealkylation sites (N-methyl/N-ethyl adjacent to an activating group) is 1. The molecule has 28 heavy (non-hydrogen) atoms. The standard InChI is InChI=1S/C20H27ClN4O2S/c1-3-24-9-11-25(12-10-24)17-15-13(2)16(28-18(15)23-20(21)22-17)19(26)27-14-7-5-4-6-8-14/h14H,3-12H2,1-2H3. The Kier molecular flexibility index (Phi) is 6.04. The van der Waals surface area contributed by atoms with E-state index in [2.05, 4.69) is 26.7 Å². The number of aromatic nitrogens is 2. The minimum absolute atomic E-state index is 0.0436. The molecule has 6 nitrogen and oxygen atoms in total. The van der Waals surface area contributed by atoms with Gasteiger partial charge in [0.15, 0.2) is 0 Å². The fourth-order valence-electron chi connectivity index (χ4n) is 4.18. The Bertz CT molecular complexity index is 857. The van der Waals surface area contributed by atoms with Gasteiger partial charge in [-0.3, -0.25) is 0 Å². The lowest BCUT2D eigenvalue weighted by atomic mass is 9.98. The fraction of sp³-hybridized carbons (Fsp3) is 0.650. The van der Waals surface area contributed by atoms with Gasteiger partial charge in [0.2, 0.25) is 5.28 Å². The van der Waals surface area contributed by atoms with E-state index < -0.39 is 0 Å². The molecule has 8 heteroatoms. The van der Waals surface area contributed by atoms with E-state index in [9.17, 15) is 4.79 Å². The zero-order valence-electron chi connectivity index (χ0n) is 16.5. The van der Waals surface area contributed by atoms with E-state index >= 15 is 0 Å². The second-order valence-electron chi connectivity index (χ2n) is 7.64. The van der Waals surface area contributed by atoms with E-state index in [1.165, 1.54) is 17.8 Å². The van der Waals surface area contributed by atoms with Crippen molar-refractivity contribution in [2.75, 3.05) is 37.6 Å². The fourth-order valence-corrected chi connectivity index (χ4v) is 5.45. The molecular formula is C20H27ClN4O2S. The molecule has 1 saturated carbocycles. The minimum Gasteiger partial charge on any atom is -0.458 e. The maximum absolute atomic E-state index is 12.8. The number of aryl methyl sites for hydroxylation is 1. The first-order valence-electron chi connectivity index (χ1n) is 10.2. The first kappa shape index (κ1) is 19.9. The topological polar surface area (TPSA) is 58.6 Å².